The summed E-state index contributed by atoms with van der Waals surface area (Å²) in [6.07, 6.45) is 5.58. The van der Waals surface area contributed by atoms with E-state index in [1.165, 1.54) is 22.3 Å². The topological polar surface area (TPSA) is 30.3 Å². The molecule has 2 aliphatic rings. The van der Waals surface area contributed by atoms with E-state index in [2.05, 4.69) is 78.2 Å². The number of imidazole rings is 1. The zero-order chi connectivity index (χ0) is 19.8. The van der Waals surface area contributed by atoms with Gasteiger partial charge in [-0.25, -0.2) is 4.98 Å². The fourth-order valence-electron chi connectivity index (χ4n) is 4.53. The van der Waals surface area contributed by atoms with Crippen LogP contribution in [0.15, 0.2) is 54.7 Å². The van der Waals surface area contributed by atoms with Crippen LogP contribution in [0.3, 0.4) is 0 Å². The number of ether oxygens (including phenoxy) is 1. The Labute approximate surface area is 173 Å². The van der Waals surface area contributed by atoms with Gasteiger partial charge in [-0.1, -0.05) is 54.1 Å². The summed E-state index contributed by atoms with van der Waals surface area (Å²) >= 11 is 0. The average molecular weight is 388 g/mol. The lowest BCUT2D eigenvalue weighted by Gasteiger charge is -2.32. The van der Waals surface area contributed by atoms with Crippen LogP contribution in [0.25, 0.3) is 11.3 Å². The van der Waals surface area contributed by atoms with E-state index in [9.17, 15) is 0 Å². The van der Waals surface area contributed by atoms with Gasteiger partial charge in [0.25, 0.3) is 0 Å². The van der Waals surface area contributed by atoms with Crippen molar-refractivity contribution in [2.24, 2.45) is 0 Å². The van der Waals surface area contributed by atoms with E-state index in [1.807, 2.05) is 0 Å². The number of piperidine rings is 1. The summed E-state index contributed by atoms with van der Waals surface area (Å²) in [5, 5.41) is 0. The minimum absolute atomic E-state index is 0.0960. The number of hydrogen-bond donors (Lipinski definition) is 0. The molecule has 0 aliphatic carbocycles. The molecule has 3 heterocycles. The SMILES string of the molecule is Cc1ccc(-c2cn3c(n2)C(OC2CCN(C)CC2)c2ccccc2CC3)cc1. The quantitative estimate of drug-likeness (QED) is 0.657. The molecule has 1 saturated heterocycles. The van der Waals surface area contributed by atoms with E-state index in [-0.39, 0.29) is 12.2 Å². The van der Waals surface area contributed by atoms with Crippen molar-refractivity contribution in [1.29, 1.82) is 0 Å². The standard InChI is InChI=1S/C25H29N3O/c1-18-7-9-20(10-8-18)23-17-28-16-11-19-5-3-4-6-22(19)24(25(28)26-23)29-21-12-14-27(2)15-13-21/h3-10,17,21,24H,11-16H2,1-2H3. The van der Waals surface area contributed by atoms with Gasteiger partial charge in [0, 0.05) is 31.4 Å². The second-order valence-electron chi connectivity index (χ2n) is 8.51. The molecule has 0 bridgehead atoms. The maximum atomic E-state index is 6.77. The van der Waals surface area contributed by atoms with Gasteiger partial charge in [-0.3, -0.25) is 0 Å². The lowest BCUT2D eigenvalue weighted by molar-refractivity contribution is -0.0275. The first-order valence-corrected chi connectivity index (χ1v) is 10.7. The molecule has 150 valence electrons. The molecular formula is C25H29N3O. The lowest BCUT2D eigenvalue weighted by Crippen LogP contribution is -2.35. The van der Waals surface area contributed by atoms with Crippen LogP contribution in [-0.4, -0.2) is 40.7 Å². The van der Waals surface area contributed by atoms with E-state index in [0.29, 0.717) is 0 Å². The molecule has 1 fully saturated rings. The first-order chi connectivity index (χ1) is 14.2. The van der Waals surface area contributed by atoms with Crippen LogP contribution in [0.5, 0.6) is 0 Å². The van der Waals surface area contributed by atoms with Gasteiger partial charge >= 0.3 is 0 Å². The highest BCUT2D eigenvalue weighted by Gasteiger charge is 2.30. The number of fused-ring (bicyclic) bond motifs is 2. The predicted molar refractivity (Wildman–Crippen MR) is 116 cm³/mol. The van der Waals surface area contributed by atoms with Crippen LogP contribution >= 0.6 is 0 Å². The van der Waals surface area contributed by atoms with Crippen molar-refractivity contribution in [2.75, 3.05) is 20.1 Å². The van der Waals surface area contributed by atoms with E-state index in [0.717, 1.165) is 50.4 Å². The zero-order valence-corrected chi connectivity index (χ0v) is 17.3. The van der Waals surface area contributed by atoms with Crippen molar-refractivity contribution in [3.63, 3.8) is 0 Å². The largest absolute Gasteiger partial charge is 0.362 e. The summed E-state index contributed by atoms with van der Waals surface area (Å²) < 4.78 is 9.09. The van der Waals surface area contributed by atoms with Crippen molar-refractivity contribution in [1.82, 2.24) is 14.5 Å². The van der Waals surface area contributed by atoms with E-state index >= 15 is 0 Å². The Balaban J connectivity index is 1.52. The summed E-state index contributed by atoms with van der Waals surface area (Å²) in [5.74, 6) is 1.05. The average Bonchev–Trinajstić information content (AvgIpc) is 3.11. The maximum absolute atomic E-state index is 6.77. The number of rotatable bonds is 3. The molecule has 29 heavy (non-hydrogen) atoms. The number of hydrogen-bond acceptors (Lipinski definition) is 3. The van der Waals surface area contributed by atoms with Gasteiger partial charge in [0.05, 0.1) is 11.8 Å². The monoisotopic (exact) mass is 387 g/mol. The third-order valence-corrected chi connectivity index (χ3v) is 6.34. The second kappa shape index (κ2) is 7.77. The van der Waals surface area contributed by atoms with Crippen molar-refractivity contribution in [2.45, 2.75) is 44.9 Å². The molecule has 4 heteroatoms. The minimum Gasteiger partial charge on any atom is -0.362 e. The molecule has 0 N–H and O–H groups in total. The van der Waals surface area contributed by atoms with Crippen LogP contribution in [0.4, 0.5) is 0 Å². The van der Waals surface area contributed by atoms with E-state index < -0.39 is 0 Å². The van der Waals surface area contributed by atoms with Gasteiger partial charge in [-0.05, 0) is 44.4 Å². The number of aryl methyl sites for hydroxylation is 3. The first-order valence-electron chi connectivity index (χ1n) is 10.7. The van der Waals surface area contributed by atoms with Gasteiger partial charge < -0.3 is 14.2 Å². The highest BCUT2D eigenvalue weighted by Crippen LogP contribution is 2.35. The summed E-state index contributed by atoms with van der Waals surface area (Å²) in [5.41, 5.74) is 6.14. The summed E-state index contributed by atoms with van der Waals surface area (Å²) in [6, 6.07) is 17.4. The highest BCUT2D eigenvalue weighted by molar-refractivity contribution is 5.59. The molecule has 3 aromatic rings. The van der Waals surface area contributed by atoms with Gasteiger partial charge in [-0.2, -0.15) is 0 Å². The molecule has 0 radical (unpaired) electrons. The fraction of sp³-hybridized carbons (Fsp3) is 0.400. The van der Waals surface area contributed by atoms with Gasteiger partial charge in [0.15, 0.2) is 0 Å². The summed E-state index contributed by atoms with van der Waals surface area (Å²) in [4.78, 5) is 7.49. The minimum atomic E-state index is -0.0960. The third-order valence-electron chi connectivity index (χ3n) is 6.34. The summed E-state index contributed by atoms with van der Waals surface area (Å²) in [6.45, 7) is 5.26. The Kier molecular flexibility index (Phi) is 4.98. The van der Waals surface area contributed by atoms with Gasteiger partial charge in [0.1, 0.15) is 11.9 Å². The van der Waals surface area contributed by atoms with Gasteiger partial charge in [0.2, 0.25) is 0 Å². The molecule has 0 saturated carbocycles. The van der Waals surface area contributed by atoms with Crippen molar-refractivity contribution >= 4 is 0 Å². The molecular weight excluding hydrogens is 358 g/mol. The Morgan fingerprint density at radius 3 is 2.52 bits per heavy atom. The fourth-order valence-corrected chi connectivity index (χ4v) is 4.53. The zero-order valence-electron chi connectivity index (χ0n) is 17.3. The van der Waals surface area contributed by atoms with Crippen molar-refractivity contribution < 1.29 is 4.74 Å². The second-order valence-corrected chi connectivity index (χ2v) is 8.51. The van der Waals surface area contributed by atoms with Crippen LogP contribution in [0.2, 0.25) is 0 Å². The van der Waals surface area contributed by atoms with Crippen molar-refractivity contribution in [3.05, 3.63) is 77.2 Å². The molecule has 2 aromatic carbocycles. The van der Waals surface area contributed by atoms with Crippen LogP contribution in [-0.2, 0) is 17.7 Å². The van der Waals surface area contributed by atoms with E-state index in [4.69, 9.17) is 9.72 Å². The lowest BCUT2D eigenvalue weighted by atomic mass is 10.00. The molecule has 0 spiro atoms. The Morgan fingerprint density at radius 2 is 1.72 bits per heavy atom. The van der Waals surface area contributed by atoms with Gasteiger partial charge in [-0.15, -0.1) is 0 Å². The maximum Gasteiger partial charge on any atom is 0.143 e. The number of aromatic nitrogens is 2. The van der Waals surface area contributed by atoms with Crippen LogP contribution in [0.1, 0.15) is 41.5 Å². The molecule has 1 atom stereocenters. The van der Waals surface area contributed by atoms with Crippen LogP contribution < -0.4 is 0 Å². The third kappa shape index (κ3) is 3.75. The van der Waals surface area contributed by atoms with E-state index in [1.54, 1.807) is 0 Å². The van der Waals surface area contributed by atoms with Crippen LogP contribution in [0, 0.1) is 6.92 Å². The van der Waals surface area contributed by atoms with Crippen molar-refractivity contribution in [3.8, 4) is 11.3 Å². The molecule has 4 nitrogen and oxygen atoms in total. The normalized spacial score (nSPS) is 20.1. The molecule has 5 rings (SSSR count). The Hall–Kier alpha value is -2.43. The predicted octanol–water partition coefficient (Wildman–Crippen LogP) is 4.61. The highest BCUT2D eigenvalue weighted by atomic mass is 16.5. The molecule has 0 amide bonds. The first kappa shape index (κ1) is 18.6. The number of nitrogens with zero attached hydrogens (tertiary/aromatic N) is 3. The smallest absolute Gasteiger partial charge is 0.143 e. The number of benzene rings is 2. The number of likely N-dealkylation sites (tertiary alicyclic amines) is 1. The molecule has 1 aromatic heterocycles. The molecule has 1 unspecified atom stereocenters. The summed E-state index contributed by atoms with van der Waals surface area (Å²) in [7, 11) is 2.19. The Bertz CT molecular complexity index is 984. The Morgan fingerprint density at radius 1 is 0.966 bits per heavy atom. The molecule has 2 aliphatic heterocycles.